The monoisotopic (exact) mass is 560 g/mol. The Hall–Kier alpha value is -1.36. The molecule has 0 bridgehead atoms. The van der Waals surface area contributed by atoms with Crippen LogP contribution in [-0.2, 0) is 4.74 Å². The molecule has 3 saturated carbocycles. The van der Waals surface area contributed by atoms with E-state index >= 15 is 0 Å². The first-order valence-corrected chi connectivity index (χ1v) is 16.9. The smallest absolute Gasteiger partial charge is 0.204 e. The first kappa shape index (κ1) is 30.1. The van der Waals surface area contributed by atoms with E-state index in [-0.39, 0.29) is 30.8 Å². The maximum Gasteiger partial charge on any atom is 0.204 e. The second-order valence-corrected chi connectivity index (χ2v) is 13.6. The summed E-state index contributed by atoms with van der Waals surface area (Å²) in [5.41, 5.74) is 0. The molecular formula is C35H54F2O3. The minimum atomic E-state index is -0.989. The topological polar surface area (TPSA) is 27.7 Å². The van der Waals surface area contributed by atoms with Crippen LogP contribution in [0.5, 0.6) is 11.5 Å². The summed E-state index contributed by atoms with van der Waals surface area (Å²) in [5.74, 6) is 4.31. The van der Waals surface area contributed by atoms with Crippen molar-refractivity contribution < 1.29 is 23.0 Å². The van der Waals surface area contributed by atoms with E-state index in [0.29, 0.717) is 5.92 Å². The molecule has 1 aromatic rings. The van der Waals surface area contributed by atoms with Crippen molar-refractivity contribution in [1.82, 2.24) is 0 Å². The zero-order valence-corrected chi connectivity index (χ0v) is 25.2. The van der Waals surface area contributed by atoms with Gasteiger partial charge in [0.25, 0.3) is 0 Å². The average molecular weight is 561 g/mol. The van der Waals surface area contributed by atoms with Crippen LogP contribution < -0.4 is 9.47 Å². The van der Waals surface area contributed by atoms with Gasteiger partial charge >= 0.3 is 0 Å². The third-order valence-corrected chi connectivity index (χ3v) is 11.4. The number of benzene rings is 1. The van der Waals surface area contributed by atoms with Crippen LogP contribution in [0.15, 0.2) is 12.1 Å². The van der Waals surface area contributed by atoms with Gasteiger partial charge in [-0.25, -0.2) is 0 Å². The third kappa shape index (κ3) is 7.53. The zero-order chi connectivity index (χ0) is 27.9. The highest BCUT2D eigenvalue weighted by Gasteiger charge is 2.37. The van der Waals surface area contributed by atoms with Crippen LogP contribution in [0.2, 0.25) is 0 Å². The van der Waals surface area contributed by atoms with Gasteiger partial charge in [0, 0.05) is 0 Å². The van der Waals surface area contributed by atoms with E-state index in [1.54, 1.807) is 6.92 Å². The molecule has 4 fully saturated rings. The number of rotatable bonds is 10. The van der Waals surface area contributed by atoms with Gasteiger partial charge in [0.05, 0.1) is 19.3 Å². The molecule has 3 nitrogen and oxygen atoms in total. The highest BCUT2D eigenvalue weighted by molar-refractivity contribution is 5.35. The maximum absolute atomic E-state index is 14.3. The molecule has 0 amide bonds. The van der Waals surface area contributed by atoms with Gasteiger partial charge in [0.2, 0.25) is 11.6 Å². The molecule has 3 aliphatic carbocycles. The van der Waals surface area contributed by atoms with E-state index in [9.17, 15) is 8.78 Å². The number of halogens is 2. The Morgan fingerprint density at radius 1 is 0.625 bits per heavy atom. The second kappa shape index (κ2) is 14.7. The maximum atomic E-state index is 14.3. The molecule has 4 aliphatic rings. The van der Waals surface area contributed by atoms with Crippen LogP contribution in [-0.4, -0.2) is 25.9 Å². The van der Waals surface area contributed by atoms with Crippen molar-refractivity contribution in [2.45, 2.75) is 123 Å². The number of ether oxygens (including phenoxy) is 3. The van der Waals surface area contributed by atoms with Crippen LogP contribution in [0.25, 0.3) is 0 Å². The molecule has 0 aromatic heterocycles. The van der Waals surface area contributed by atoms with E-state index in [4.69, 9.17) is 14.2 Å². The van der Waals surface area contributed by atoms with Gasteiger partial charge in [0.15, 0.2) is 11.5 Å². The molecule has 40 heavy (non-hydrogen) atoms. The van der Waals surface area contributed by atoms with Gasteiger partial charge in [-0.15, -0.1) is 0 Å². The summed E-state index contributed by atoms with van der Waals surface area (Å²) in [5, 5.41) is 0. The zero-order valence-electron chi connectivity index (χ0n) is 25.2. The highest BCUT2D eigenvalue weighted by Crippen LogP contribution is 2.47. The van der Waals surface area contributed by atoms with E-state index in [2.05, 4.69) is 6.92 Å². The Morgan fingerprint density at radius 3 is 1.52 bits per heavy atom. The Bertz CT molecular complexity index is 890. The summed E-state index contributed by atoms with van der Waals surface area (Å²) in [4.78, 5) is 0. The molecule has 0 radical (unpaired) electrons. The summed E-state index contributed by atoms with van der Waals surface area (Å²) in [6.45, 7) is 5.40. The van der Waals surface area contributed by atoms with Crippen molar-refractivity contribution in [1.29, 1.82) is 0 Å². The van der Waals surface area contributed by atoms with E-state index in [0.717, 1.165) is 55.0 Å². The summed E-state index contributed by atoms with van der Waals surface area (Å²) >= 11 is 0. The minimum absolute atomic E-state index is 0.0569. The molecular weight excluding hydrogens is 506 g/mol. The average Bonchev–Trinajstić information content (AvgIpc) is 3.00. The van der Waals surface area contributed by atoms with Crippen LogP contribution in [0.4, 0.5) is 8.78 Å². The van der Waals surface area contributed by atoms with Crippen molar-refractivity contribution in [2.75, 3.05) is 19.8 Å². The summed E-state index contributed by atoms with van der Waals surface area (Å²) in [7, 11) is 0. The number of hydrogen-bond acceptors (Lipinski definition) is 3. The van der Waals surface area contributed by atoms with Crippen LogP contribution >= 0.6 is 0 Å². The third-order valence-electron chi connectivity index (χ3n) is 11.4. The lowest BCUT2D eigenvalue weighted by molar-refractivity contribution is -0.0577. The van der Waals surface area contributed by atoms with Gasteiger partial charge in [-0.3, -0.25) is 0 Å². The fraction of sp³-hybridized carbons (Fsp3) is 0.829. The predicted molar refractivity (Wildman–Crippen MR) is 157 cm³/mol. The Kier molecular flexibility index (Phi) is 11.1. The Labute approximate surface area is 242 Å². The lowest BCUT2D eigenvalue weighted by Crippen LogP contribution is -2.36. The molecule has 0 spiro atoms. The largest absolute Gasteiger partial charge is 0.491 e. The number of hydrogen-bond donors (Lipinski definition) is 0. The molecule has 226 valence electrons. The van der Waals surface area contributed by atoms with Gasteiger partial charge < -0.3 is 14.2 Å². The van der Waals surface area contributed by atoms with E-state index < -0.39 is 11.6 Å². The summed E-state index contributed by atoms with van der Waals surface area (Å²) in [6, 6.07) is 2.87. The van der Waals surface area contributed by atoms with E-state index in [1.807, 2.05) is 0 Å². The fourth-order valence-electron chi connectivity index (χ4n) is 8.94. The first-order chi connectivity index (χ1) is 19.6. The molecule has 2 unspecified atom stereocenters. The first-order valence-electron chi connectivity index (χ1n) is 16.9. The van der Waals surface area contributed by atoms with Gasteiger partial charge in [-0.1, -0.05) is 32.6 Å². The summed E-state index contributed by atoms with van der Waals surface area (Å²) in [6.07, 6.45) is 22.4. The molecule has 1 heterocycles. The Balaban J connectivity index is 0.978. The molecule has 1 aromatic carbocycles. The fourth-order valence-corrected chi connectivity index (χ4v) is 8.94. The quantitative estimate of drug-likeness (QED) is 0.285. The van der Waals surface area contributed by atoms with E-state index in [1.165, 1.54) is 102 Å². The van der Waals surface area contributed by atoms with Crippen molar-refractivity contribution in [3.63, 3.8) is 0 Å². The summed E-state index contributed by atoms with van der Waals surface area (Å²) < 4.78 is 45.4. The van der Waals surface area contributed by atoms with Crippen molar-refractivity contribution in [3.05, 3.63) is 23.8 Å². The molecule has 5 heteroatoms. The molecule has 5 rings (SSSR count). The van der Waals surface area contributed by atoms with Gasteiger partial charge in [-0.2, -0.15) is 8.78 Å². The normalized spacial score (nSPS) is 35.3. The predicted octanol–water partition coefficient (Wildman–Crippen LogP) is 9.76. The lowest BCUT2D eigenvalue weighted by atomic mass is 9.64. The highest BCUT2D eigenvalue weighted by atomic mass is 19.2. The minimum Gasteiger partial charge on any atom is -0.491 e. The van der Waals surface area contributed by atoms with Crippen LogP contribution in [0.1, 0.15) is 117 Å². The van der Waals surface area contributed by atoms with Crippen LogP contribution in [0, 0.1) is 53.1 Å². The van der Waals surface area contributed by atoms with Gasteiger partial charge in [0.1, 0.15) is 6.61 Å². The second-order valence-electron chi connectivity index (χ2n) is 13.6. The molecule has 0 N–H and O–H groups in total. The van der Waals surface area contributed by atoms with Crippen molar-refractivity contribution in [2.24, 2.45) is 41.4 Å². The van der Waals surface area contributed by atoms with Crippen molar-refractivity contribution >= 4 is 0 Å². The lowest BCUT2D eigenvalue weighted by Gasteiger charge is -2.43. The molecule has 1 saturated heterocycles. The SMILES string of the molecule is CCCC1CCC(C2CCC(C3CCC(C4CCC(COc5ccc(OCC)c(F)c5F)OC4)CC3)CC2)CC1. The molecule has 1 aliphatic heterocycles. The standard InChI is InChI=1S/C35H54F2O3/c1-3-5-24-6-8-25(9-7-24)26-10-12-27(13-11-26)28-14-16-29(17-15-28)30-18-19-31(39-22-30)23-40-33-21-20-32(38-4-2)34(36)35(33)37/h20-21,24-31H,3-19,22-23H2,1-2H3. The van der Waals surface area contributed by atoms with Crippen molar-refractivity contribution in [3.8, 4) is 11.5 Å². The molecule has 2 atom stereocenters. The van der Waals surface area contributed by atoms with Gasteiger partial charge in [-0.05, 0) is 138 Å². The van der Waals surface area contributed by atoms with Crippen LogP contribution in [0.3, 0.4) is 0 Å². The Morgan fingerprint density at radius 2 is 1.07 bits per heavy atom.